The summed E-state index contributed by atoms with van der Waals surface area (Å²) in [7, 11) is 1.64. The Morgan fingerprint density at radius 3 is 2.71 bits per heavy atom. The third kappa shape index (κ3) is 3.40. The summed E-state index contributed by atoms with van der Waals surface area (Å²) in [6.45, 7) is 4.60. The summed E-state index contributed by atoms with van der Waals surface area (Å²) in [6.07, 6.45) is 1.64. The zero-order valence-electron chi connectivity index (χ0n) is 12.6. The first-order valence-corrected chi connectivity index (χ1v) is 7.03. The summed E-state index contributed by atoms with van der Waals surface area (Å²) in [5.74, 6) is 0.731. The van der Waals surface area contributed by atoms with Gasteiger partial charge in [0.2, 0.25) is 0 Å². The maximum atomic E-state index is 12.6. The lowest BCUT2D eigenvalue weighted by Crippen LogP contribution is -2.33. The Morgan fingerprint density at radius 2 is 2.10 bits per heavy atom. The Labute approximate surface area is 125 Å². The van der Waals surface area contributed by atoms with Crippen molar-refractivity contribution < 1.29 is 9.53 Å². The van der Waals surface area contributed by atoms with E-state index >= 15 is 0 Å². The number of ether oxygens (including phenoxy) is 1. The van der Waals surface area contributed by atoms with Gasteiger partial charge in [-0.3, -0.25) is 9.78 Å². The molecule has 0 aliphatic heterocycles. The predicted octanol–water partition coefficient (Wildman–Crippen LogP) is 3.31. The number of hydrogen-bond acceptors (Lipinski definition) is 3. The Hall–Kier alpha value is -2.36. The highest BCUT2D eigenvalue weighted by Crippen LogP contribution is 2.24. The van der Waals surface area contributed by atoms with Crippen molar-refractivity contribution in [3.63, 3.8) is 0 Å². The highest BCUT2D eigenvalue weighted by molar-refractivity contribution is 5.92. The van der Waals surface area contributed by atoms with E-state index in [4.69, 9.17) is 4.74 Å². The van der Waals surface area contributed by atoms with Crippen molar-refractivity contribution in [2.45, 2.75) is 19.9 Å². The van der Waals surface area contributed by atoms with Gasteiger partial charge in [-0.1, -0.05) is 18.2 Å². The normalized spacial score (nSPS) is 11.8. The van der Waals surface area contributed by atoms with Crippen molar-refractivity contribution in [2.75, 3.05) is 13.7 Å². The second-order valence-electron chi connectivity index (χ2n) is 4.76. The SMILES string of the molecule is CCN(C(=O)c1ccccn1)C(C)c1cccc(OC)c1. The van der Waals surface area contributed by atoms with E-state index in [-0.39, 0.29) is 11.9 Å². The first kappa shape index (κ1) is 15.0. The highest BCUT2D eigenvalue weighted by Gasteiger charge is 2.22. The van der Waals surface area contributed by atoms with Gasteiger partial charge in [0.1, 0.15) is 11.4 Å². The van der Waals surface area contributed by atoms with Crippen LogP contribution in [0.5, 0.6) is 5.75 Å². The van der Waals surface area contributed by atoms with E-state index in [0.29, 0.717) is 12.2 Å². The van der Waals surface area contributed by atoms with Crippen LogP contribution >= 0.6 is 0 Å². The molecule has 1 aromatic carbocycles. The Balaban J connectivity index is 2.26. The Morgan fingerprint density at radius 1 is 1.29 bits per heavy atom. The van der Waals surface area contributed by atoms with Crippen molar-refractivity contribution in [3.05, 3.63) is 59.9 Å². The predicted molar refractivity (Wildman–Crippen MR) is 82.4 cm³/mol. The number of pyridine rings is 1. The van der Waals surface area contributed by atoms with Crippen LogP contribution in [-0.2, 0) is 0 Å². The largest absolute Gasteiger partial charge is 0.497 e. The number of aromatic nitrogens is 1. The fourth-order valence-corrected chi connectivity index (χ4v) is 2.31. The average Bonchev–Trinajstić information content (AvgIpc) is 2.56. The lowest BCUT2D eigenvalue weighted by Gasteiger charge is -2.28. The fraction of sp³-hybridized carbons (Fsp3) is 0.294. The van der Waals surface area contributed by atoms with Gasteiger partial charge in [-0.05, 0) is 43.7 Å². The standard InChI is InChI=1S/C17H20N2O2/c1-4-19(17(20)16-10-5-6-11-18-16)13(2)14-8-7-9-15(12-14)21-3/h5-13H,4H2,1-3H3. The van der Waals surface area contributed by atoms with Crippen LogP contribution in [0.15, 0.2) is 48.7 Å². The molecule has 0 spiro atoms. The summed E-state index contributed by atoms with van der Waals surface area (Å²) in [5.41, 5.74) is 1.51. The molecule has 4 nitrogen and oxygen atoms in total. The van der Waals surface area contributed by atoms with Crippen molar-refractivity contribution in [3.8, 4) is 5.75 Å². The molecule has 1 amide bonds. The van der Waals surface area contributed by atoms with E-state index in [2.05, 4.69) is 4.98 Å². The first-order chi connectivity index (χ1) is 10.2. The number of methoxy groups -OCH3 is 1. The fourth-order valence-electron chi connectivity index (χ4n) is 2.31. The lowest BCUT2D eigenvalue weighted by atomic mass is 10.1. The molecular weight excluding hydrogens is 264 g/mol. The van der Waals surface area contributed by atoms with Gasteiger partial charge < -0.3 is 9.64 Å². The Kier molecular flexibility index (Phi) is 4.93. The molecule has 4 heteroatoms. The number of benzene rings is 1. The molecule has 1 heterocycles. The van der Waals surface area contributed by atoms with E-state index in [1.807, 2.05) is 44.2 Å². The maximum absolute atomic E-state index is 12.6. The number of nitrogens with zero attached hydrogens (tertiary/aromatic N) is 2. The zero-order valence-corrected chi connectivity index (χ0v) is 12.6. The molecule has 21 heavy (non-hydrogen) atoms. The van der Waals surface area contributed by atoms with Crippen LogP contribution in [0.25, 0.3) is 0 Å². The van der Waals surface area contributed by atoms with Crippen molar-refractivity contribution in [1.29, 1.82) is 0 Å². The number of rotatable bonds is 5. The third-order valence-electron chi connectivity index (χ3n) is 3.53. The first-order valence-electron chi connectivity index (χ1n) is 7.03. The quantitative estimate of drug-likeness (QED) is 0.846. The van der Waals surface area contributed by atoms with Gasteiger partial charge in [-0.2, -0.15) is 0 Å². The lowest BCUT2D eigenvalue weighted by molar-refractivity contribution is 0.0696. The van der Waals surface area contributed by atoms with Crippen LogP contribution in [0.4, 0.5) is 0 Å². The van der Waals surface area contributed by atoms with E-state index in [1.165, 1.54) is 0 Å². The van der Waals surface area contributed by atoms with Gasteiger partial charge in [0, 0.05) is 12.7 Å². The summed E-state index contributed by atoms with van der Waals surface area (Å²) in [5, 5.41) is 0. The van der Waals surface area contributed by atoms with Crippen molar-refractivity contribution >= 4 is 5.91 Å². The molecular formula is C17H20N2O2. The van der Waals surface area contributed by atoms with Gasteiger partial charge in [-0.25, -0.2) is 0 Å². The zero-order chi connectivity index (χ0) is 15.2. The van der Waals surface area contributed by atoms with Crippen LogP contribution in [0.1, 0.15) is 35.9 Å². The molecule has 1 unspecified atom stereocenters. The number of hydrogen-bond donors (Lipinski definition) is 0. The number of carbonyl (C=O) groups is 1. The highest BCUT2D eigenvalue weighted by atomic mass is 16.5. The van der Waals surface area contributed by atoms with Crippen molar-refractivity contribution in [2.24, 2.45) is 0 Å². The van der Waals surface area contributed by atoms with Crippen LogP contribution in [0, 0.1) is 0 Å². The summed E-state index contributed by atoms with van der Waals surface area (Å²) >= 11 is 0. The maximum Gasteiger partial charge on any atom is 0.272 e. The van der Waals surface area contributed by atoms with Gasteiger partial charge in [-0.15, -0.1) is 0 Å². The summed E-state index contributed by atoms with van der Waals surface area (Å²) < 4.78 is 5.25. The third-order valence-corrected chi connectivity index (χ3v) is 3.53. The van der Waals surface area contributed by atoms with Gasteiger partial charge in [0.15, 0.2) is 0 Å². The molecule has 0 aliphatic rings. The molecule has 110 valence electrons. The molecule has 0 saturated carbocycles. The van der Waals surface area contributed by atoms with Crippen LogP contribution in [0.3, 0.4) is 0 Å². The van der Waals surface area contributed by atoms with Gasteiger partial charge in [0.05, 0.1) is 13.2 Å². The smallest absolute Gasteiger partial charge is 0.272 e. The number of amides is 1. The van der Waals surface area contributed by atoms with E-state index in [9.17, 15) is 4.79 Å². The van der Waals surface area contributed by atoms with Gasteiger partial charge in [0.25, 0.3) is 5.91 Å². The van der Waals surface area contributed by atoms with E-state index < -0.39 is 0 Å². The summed E-state index contributed by atoms with van der Waals surface area (Å²) in [6, 6.07) is 13.1. The molecule has 2 aromatic rings. The molecule has 0 N–H and O–H groups in total. The molecule has 1 aromatic heterocycles. The second-order valence-corrected chi connectivity index (χ2v) is 4.76. The van der Waals surface area contributed by atoms with E-state index in [0.717, 1.165) is 11.3 Å². The molecule has 2 rings (SSSR count). The minimum Gasteiger partial charge on any atom is -0.497 e. The van der Waals surface area contributed by atoms with Crippen LogP contribution < -0.4 is 4.74 Å². The van der Waals surface area contributed by atoms with Gasteiger partial charge >= 0.3 is 0 Å². The van der Waals surface area contributed by atoms with Crippen LogP contribution in [0.2, 0.25) is 0 Å². The minimum atomic E-state index is -0.0616. The molecule has 1 atom stereocenters. The molecule has 0 aliphatic carbocycles. The van der Waals surface area contributed by atoms with Crippen LogP contribution in [-0.4, -0.2) is 29.4 Å². The average molecular weight is 284 g/mol. The molecule has 0 bridgehead atoms. The second kappa shape index (κ2) is 6.88. The molecule has 0 radical (unpaired) electrons. The molecule has 0 saturated heterocycles. The Bertz CT molecular complexity index is 599. The minimum absolute atomic E-state index is 0.0420. The van der Waals surface area contributed by atoms with E-state index in [1.54, 1.807) is 30.3 Å². The molecule has 0 fully saturated rings. The number of carbonyl (C=O) groups excluding carboxylic acids is 1. The summed E-state index contributed by atoms with van der Waals surface area (Å²) in [4.78, 5) is 18.5. The van der Waals surface area contributed by atoms with Crippen molar-refractivity contribution in [1.82, 2.24) is 9.88 Å². The topological polar surface area (TPSA) is 42.4 Å². The monoisotopic (exact) mass is 284 g/mol.